The molecule has 0 bridgehead atoms. The van der Waals surface area contributed by atoms with E-state index in [1.54, 1.807) is 29.0 Å². The van der Waals surface area contributed by atoms with E-state index < -0.39 is 0 Å². The summed E-state index contributed by atoms with van der Waals surface area (Å²) in [7, 11) is 1.75. The van der Waals surface area contributed by atoms with Crippen LogP contribution in [0, 0.1) is 13.8 Å². The lowest BCUT2D eigenvalue weighted by Crippen LogP contribution is -2.26. The molecule has 0 unspecified atom stereocenters. The van der Waals surface area contributed by atoms with Crippen LogP contribution in [-0.4, -0.2) is 19.1 Å². The monoisotopic (exact) mass is 452 g/mol. The van der Waals surface area contributed by atoms with Gasteiger partial charge in [0.1, 0.15) is 10.7 Å². The van der Waals surface area contributed by atoms with Gasteiger partial charge in [-0.05, 0) is 44.4 Å². The van der Waals surface area contributed by atoms with Crippen molar-refractivity contribution in [3.63, 3.8) is 0 Å². The molecule has 4 aromatic rings. The summed E-state index contributed by atoms with van der Waals surface area (Å²) in [5.74, 6) is 1.16. The fourth-order valence-corrected chi connectivity index (χ4v) is 6.52. The lowest BCUT2D eigenvalue weighted by atomic mass is 10.2. The average Bonchev–Trinajstić information content (AvgIpc) is 3.38. The molecule has 0 radical (unpaired) electrons. The van der Waals surface area contributed by atoms with E-state index in [2.05, 4.69) is 0 Å². The number of aryl methyl sites for hydroxylation is 2. The largest absolute Gasteiger partial charge is 0.299 e. The van der Waals surface area contributed by atoms with Crippen molar-refractivity contribution in [1.82, 2.24) is 19.1 Å². The molecule has 0 amide bonds. The first-order valence-electron chi connectivity index (χ1n) is 10.6. The van der Waals surface area contributed by atoms with E-state index in [-0.39, 0.29) is 17.2 Å². The molecular weight excluding hydrogens is 428 g/mol. The normalized spacial score (nSPS) is 14.8. The number of thioether (sulfide) groups is 1. The van der Waals surface area contributed by atoms with Crippen molar-refractivity contribution in [1.29, 1.82) is 0 Å². The van der Waals surface area contributed by atoms with Gasteiger partial charge in [0, 0.05) is 18.0 Å². The Morgan fingerprint density at radius 2 is 1.84 bits per heavy atom. The molecule has 0 N–H and O–H groups in total. The van der Waals surface area contributed by atoms with Crippen LogP contribution in [0.4, 0.5) is 0 Å². The number of rotatable bonds is 4. The molecule has 8 heteroatoms. The predicted octanol–water partition coefficient (Wildman–Crippen LogP) is 4.73. The first-order valence-corrected chi connectivity index (χ1v) is 12.4. The van der Waals surface area contributed by atoms with Crippen LogP contribution in [-0.2, 0) is 12.8 Å². The van der Waals surface area contributed by atoms with Crippen LogP contribution in [0.2, 0.25) is 0 Å². The summed E-state index contributed by atoms with van der Waals surface area (Å²) in [4.78, 5) is 37.8. The van der Waals surface area contributed by atoms with Crippen molar-refractivity contribution in [2.24, 2.45) is 7.05 Å². The van der Waals surface area contributed by atoms with Crippen molar-refractivity contribution >= 4 is 44.2 Å². The van der Waals surface area contributed by atoms with Crippen LogP contribution in [0.5, 0.6) is 0 Å². The number of benzene rings is 1. The van der Waals surface area contributed by atoms with Crippen molar-refractivity contribution in [3.8, 4) is 0 Å². The van der Waals surface area contributed by atoms with Crippen LogP contribution in [0.25, 0.3) is 21.1 Å². The summed E-state index contributed by atoms with van der Waals surface area (Å²) < 4.78 is 3.52. The van der Waals surface area contributed by atoms with E-state index in [9.17, 15) is 9.59 Å². The van der Waals surface area contributed by atoms with Crippen molar-refractivity contribution in [2.75, 3.05) is 0 Å². The maximum atomic E-state index is 13.5. The molecule has 0 aliphatic heterocycles. The summed E-state index contributed by atoms with van der Waals surface area (Å²) in [5.41, 5.74) is 1.76. The Bertz CT molecular complexity index is 1430. The zero-order valence-corrected chi connectivity index (χ0v) is 19.5. The van der Waals surface area contributed by atoms with Gasteiger partial charge in [0.25, 0.3) is 11.1 Å². The summed E-state index contributed by atoms with van der Waals surface area (Å²) in [6, 6.07) is 7.60. The van der Waals surface area contributed by atoms with Crippen LogP contribution >= 0.6 is 23.1 Å². The average molecular weight is 453 g/mol. The topological polar surface area (TPSA) is 69.8 Å². The van der Waals surface area contributed by atoms with Gasteiger partial charge in [-0.15, -0.1) is 11.3 Å². The Labute approximate surface area is 188 Å². The van der Waals surface area contributed by atoms with Crippen LogP contribution < -0.4 is 11.1 Å². The summed E-state index contributed by atoms with van der Waals surface area (Å²) >= 11 is 3.08. The second kappa shape index (κ2) is 7.91. The maximum Gasteiger partial charge on any atom is 0.263 e. The molecule has 0 spiro atoms. The van der Waals surface area contributed by atoms with E-state index in [1.807, 2.05) is 36.6 Å². The molecule has 5 rings (SSSR count). The van der Waals surface area contributed by atoms with Gasteiger partial charge in [0.05, 0.1) is 22.0 Å². The highest BCUT2D eigenvalue weighted by Crippen LogP contribution is 2.35. The fraction of sp³-hybridized carbons (Fsp3) is 0.391. The summed E-state index contributed by atoms with van der Waals surface area (Å²) in [6.45, 7) is 4.06. The Morgan fingerprint density at radius 1 is 1.10 bits per heavy atom. The minimum absolute atomic E-state index is 0.0534. The third-order valence-corrected chi connectivity index (χ3v) is 8.35. The van der Waals surface area contributed by atoms with Gasteiger partial charge in [-0.25, -0.2) is 9.97 Å². The van der Waals surface area contributed by atoms with Crippen molar-refractivity contribution in [3.05, 3.63) is 61.2 Å². The molecule has 31 heavy (non-hydrogen) atoms. The van der Waals surface area contributed by atoms with Crippen molar-refractivity contribution in [2.45, 2.75) is 56.5 Å². The smallest absolute Gasteiger partial charge is 0.263 e. The molecule has 1 aliphatic carbocycles. The van der Waals surface area contributed by atoms with Gasteiger partial charge in [-0.3, -0.25) is 18.7 Å². The first kappa shape index (κ1) is 20.5. The number of aromatic nitrogens is 4. The Hall–Kier alpha value is -2.45. The van der Waals surface area contributed by atoms with Gasteiger partial charge in [-0.1, -0.05) is 36.7 Å². The number of hydrogen-bond donors (Lipinski definition) is 0. The zero-order chi connectivity index (χ0) is 21.7. The van der Waals surface area contributed by atoms with Gasteiger partial charge < -0.3 is 0 Å². The van der Waals surface area contributed by atoms with E-state index >= 15 is 0 Å². The van der Waals surface area contributed by atoms with E-state index in [1.165, 1.54) is 11.8 Å². The van der Waals surface area contributed by atoms with Crippen LogP contribution in [0.1, 0.15) is 48.0 Å². The second-order valence-electron chi connectivity index (χ2n) is 8.17. The molecule has 0 saturated heterocycles. The highest BCUT2D eigenvalue weighted by Gasteiger charge is 2.25. The minimum atomic E-state index is -0.0534. The van der Waals surface area contributed by atoms with Gasteiger partial charge in [-0.2, -0.15) is 0 Å². The standard InChI is InChI=1S/C23H24N4O2S2/c1-13-14(2)31-20-19(13)22(29)27(15-8-4-5-9-15)23(25-20)30-12-18-24-17-11-7-6-10-16(17)21(28)26(18)3/h6-7,10-11,15H,4-5,8-9,12H2,1-3H3. The maximum absolute atomic E-state index is 13.5. The molecule has 0 atom stereocenters. The van der Waals surface area contributed by atoms with E-state index in [4.69, 9.17) is 9.97 Å². The molecule has 3 heterocycles. The van der Waals surface area contributed by atoms with Gasteiger partial charge >= 0.3 is 0 Å². The first-order chi connectivity index (χ1) is 15.0. The van der Waals surface area contributed by atoms with Gasteiger partial charge in [0.15, 0.2) is 5.16 Å². The lowest BCUT2D eigenvalue weighted by Gasteiger charge is -2.18. The third-order valence-electron chi connectivity index (χ3n) is 6.30. The lowest BCUT2D eigenvalue weighted by molar-refractivity contribution is 0.458. The number of fused-ring (bicyclic) bond motifs is 2. The highest BCUT2D eigenvalue weighted by molar-refractivity contribution is 7.98. The summed E-state index contributed by atoms with van der Waals surface area (Å²) in [6.07, 6.45) is 4.30. The molecule has 1 aliphatic rings. The number of thiophene rings is 1. The molecule has 1 aromatic carbocycles. The quantitative estimate of drug-likeness (QED) is 0.331. The zero-order valence-electron chi connectivity index (χ0n) is 17.8. The second-order valence-corrected chi connectivity index (χ2v) is 10.3. The molecular formula is C23H24N4O2S2. The van der Waals surface area contributed by atoms with Crippen LogP contribution in [0.15, 0.2) is 39.0 Å². The predicted molar refractivity (Wildman–Crippen MR) is 127 cm³/mol. The fourth-order valence-electron chi connectivity index (χ4n) is 4.40. The Kier molecular flexibility index (Phi) is 5.22. The Morgan fingerprint density at radius 3 is 2.61 bits per heavy atom. The number of hydrogen-bond acceptors (Lipinski definition) is 6. The third kappa shape index (κ3) is 3.42. The molecule has 1 saturated carbocycles. The Balaban J connectivity index is 1.60. The van der Waals surface area contributed by atoms with E-state index in [0.717, 1.165) is 51.5 Å². The SMILES string of the molecule is Cc1sc2nc(SCc3nc4ccccc4c(=O)n3C)n(C3CCCC3)c(=O)c2c1C. The molecule has 160 valence electrons. The van der Waals surface area contributed by atoms with Crippen molar-refractivity contribution < 1.29 is 0 Å². The van der Waals surface area contributed by atoms with Crippen LogP contribution in [0.3, 0.4) is 0 Å². The molecule has 1 fully saturated rings. The summed E-state index contributed by atoms with van der Waals surface area (Å²) in [5, 5.41) is 2.11. The minimum Gasteiger partial charge on any atom is -0.299 e. The molecule has 3 aromatic heterocycles. The highest BCUT2D eigenvalue weighted by atomic mass is 32.2. The van der Waals surface area contributed by atoms with Gasteiger partial charge in [0.2, 0.25) is 0 Å². The molecule has 6 nitrogen and oxygen atoms in total. The van der Waals surface area contributed by atoms with E-state index in [0.29, 0.717) is 22.5 Å². The number of para-hydroxylation sites is 1. The number of nitrogens with zero attached hydrogens (tertiary/aromatic N) is 4.